The number of aryl methyl sites for hydroxylation is 2. The average molecular weight is 290 g/mol. The van der Waals surface area contributed by atoms with Crippen LogP contribution in [0.1, 0.15) is 35.5 Å². The van der Waals surface area contributed by atoms with Crippen LogP contribution in [0, 0.1) is 19.7 Å². The van der Waals surface area contributed by atoms with Gasteiger partial charge in [-0.2, -0.15) is 0 Å². The predicted molar refractivity (Wildman–Crippen MR) is 77.3 cm³/mol. The van der Waals surface area contributed by atoms with Crippen LogP contribution in [0.3, 0.4) is 0 Å². The van der Waals surface area contributed by atoms with Gasteiger partial charge in [-0.1, -0.05) is 17.3 Å². The molecule has 2 rings (SSSR count). The van der Waals surface area contributed by atoms with Crippen LogP contribution in [-0.4, -0.2) is 23.0 Å². The molecule has 1 unspecified atom stereocenters. The largest absolute Gasteiger partial charge is 0.361 e. The highest BCUT2D eigenvalue weighted by molar-refractivity contribution is 5.79. The van der Waals surface area contributed by atoms with Crippen molar-refractivity contribution in [2.75, 3.05) is 7.05 Å². The summed E-state index contributed by atoms with van der Waals surface area (Å²) in [5, 5.41) is 3.85. The molecule has 5 heteroatoms. The summed E-state index contributed by atoms with van der Waals surface area (Å²) in [6, 6.07) is 6.06. The van der Waals surface area contributed by atoms with Crippen LogP contribution in [-0.2, 0) is 11.2 Å². The Bertz CT molecular complexity index is 615. The van der Waals surface area contributed by atoms with Gasteiger partial charge in [-0.3, -0.25) is 4.79 Å². The van der Waals surface area contributed by atoms with Gasteiger partial charge < -0.3 is 9.42 Å². The molecular formula is C16H19FN2O2. The smallest absolute Gasteiger partial charge is 0.227 e. The van der Waals surface area contributed by atoms with Crippen LogP contribution in [0.5, 0.6) is 0 Å². The number of carbonyl (C=O) groups excluding carboxylic acids is 1. The normalized spacial score (nSPS) is 12.2. The summed E-state index contributed by atoms with van der Waals surface area (Å²) in [7, 11) is 1.74. The Balaban J connectivity index is 2.10. The van der Waals surface area contributed by atoms with E-state index in [0.29, 0.717) is 5.76 Å². The number of benzene rings is 1. The third-order valence-electron chi connectivity index (χ3n) is 3.84. The minimum atomic E-state index is -0.282. The first kappa shape index (κ1) is 15.2. The fourth-order valence-corrected chi connectivity index (χ4v) is 2.21. The summed E-state index contributed by atoms with van der Waals surface area (Å²) in [6.45, 7) is 5.53. The van der Waals surface area contributed by atoms with Gasteiger partial charge in [-0.05, 0) is 38.5 Å². The van der Waals surface area contributed by atoms with E-state index in [0.717, 1.165) is 16.8 Å². The molecular weight excluding hydrogens is 271 g/mol. The molecule has 1 aromatic heterocycles. The second-order valence-corrected chi connectivity index (χ2v) is 5.21. The molecule has 1 atom stereocenters. The van der Waals surface area contributed by atoms with Crippen molar-refractivity contribution < 1.29 is 13.7 Å². The molecule has 21 heavy (non-hydrogen) atoms. The number of nitrogens with zero attached hydrogens (tertiary/aromatic N) is 2. The van der Waals surface area contributed by atoms with Gasteiger partial charge in [0.15, 0.2) is 0 Å². The Morgan fingerprint density at radius 2 is 1.95 bits per heavy atom. The number of likely N-dealkylation sites (N-methyl/N-ethyl adjacent to an activating group) is 1. The number of rotatable bonds is 4. The standard InChI is InChI=1S/C16H19FN2O2/c1-10-15(12(3)21-18-10)9-16(20)19(4)11(2)13-5-7-14(17)8-6-13/h5-8,11H,9H2,1-4H3. The summed E-state index contributed by atoms with van der Waals surface area (Å²) in [6.07, 6.45) is 0.253. The van der Waals surface area contributed by atoms with Gasteiger partial charge in [-0.15, -0.1) is 0 Å². The van der Waals surface area contributed by atoms with E-state index in [-0.39, 0.29) is 24.2 Å². The van der Waals surface area contributed by atoms with E-state index in [1.807, 2.05) is 13.8 Å². The maximum Gasteiger partial charge on any atom is 0.227 e. The summed E-state index contributed by atoms with van der Waals surface area (Å²) in [5.74, 6) is 0.362. The minimum absolute atomic E-state index is 0.0266. The van der Waals surface area contributed by atoms with E-state index >= 15 is 0 Å². The fourth-order valence-electron chi connectivity index (χ4n) is 2.21. The molecule has 0 aliphatic heterocycles. The van der Waals surface area contributed by atoms with E-state index in [9.17, 15) is 9.18 Å². The molecule has 0 radical (unpaired) electrons. The van der Waals surface area contributed by atoms with E-state index in [1.165, 1.54) is 12.1 Å². The number of amides is 1. The zero-order chi connectivity index (χ0) is 15.6. The van der Waals surface area contributed by atoms with Crippen molar-refractivity contribution >= 4 is 5.91 Å². The zero-order valence-corrected chi connectivity index (χ0v) is 12.7. The maximum absolute atomic E-state index is 13.0. The zero-order valence-electron chi connectivity index (χ0n) is 12.7. The molecule has 112 valence electrons. The lowest BCUT2D eigenvalue weighted by molar-refractivity contribution is -0.131. The molecule has 1 aromatic carbocycles. The first-order valence-corrected chi connectivity index (χ1v) is 6.83. The quantitative estimate of drug-likeness (QED) is 0.868. The molecule has 1 heterocycles. The topological polar surface area (TPSA) is 46.3 Å². The van der Waals surface area contributed by atoms with E-state index in [2.05, 4.69) is 5.16 Å². The van der Waals surface area contributed by atoms with Crippen molar-refractivity contribution in [3.8, 4) is 0 Å². The Kier molecular flexibility index (Phi) is 4.40. The van der Waals surface area contributed by atoms with Gasteiger partial charge in [0.1, 0.15) is 11.6 Å². The van der Waals surface area contributed by atoms with Gasteiger partial charge in [0.2, 0.25) is 5.91 Å². The minimum Gasteiger partial charge on any atom is -0.361 e. The summed E-state index contributed by atoms with van der Waals surface area (Å²) in [4.78, 5) is 14.0. The molecule has 0 bridgehead atoms. The Morgan fingerprint density at radius 3 is 2.48 bits per heavy atom. The van der Waals surface area contributed by atoms with Crippen molar-refractivity contribution in [2.24, 2.45) is 0 Å². The van der Waals surface area contributed by atoms with Gasteiger partial charge in [0, 0.05) is 12.6 Å². The fraction of sp³-hybridized carbons (Fsp3) is 0.375. The third kappa shape index (κ3) is 3.29. The average Bonchev–Trinajstić information content (AvgIpc) is 2.78. The van der Waals surface area contributed by atoms with Crippen LogP contribution in [0.25, 0.3) is 0 Å². The second kappa shape index (κ2) is 6.08. The molecule has 0 spiro atoms. The Labute approximate surface area is 123 Å². The summed E-state index contributed by atoms with van der Waals surface area (Å²) >= 11 is 0. The van der Waals surface area contributed by atoms with Crippen LogP contribution >= 0.6 is 0 Å². The molecule has 4 nitrogen and oxygen atoms in total. The predicted octanol–water partition coefficient (Wildman–Crippen LogP) is 3.19. The highest BCUT2D eigenvalue weighted by atomic mass is 19.1. The first-order valence-electron chi connectivity index (χ1n) is 6.83. The van der Waals surface area contributed by atoms with E-state index in [1.54, 1.807) is 31.0 Å². The lowest BCUT2D eigenvalue weighted by Crippen LogP contribution is -2.31. The van der Waals surface area contributed by atoms with E-state index < -0.39 is 0 Å². The maximum atomic E-state index is 13.0. The number of halogens is 1. The lowest BCUT2D eigenvalue weighted by Gasteiger charge is -2.25. The Morgan fingerprint density at radius 1 is 1.33 bits per heavy atom. The third-order valence-corrected chi connectivity index (χ3v) is 3.84. The number of aromatic nitrogens is 1. The van der Waals surface area contributed by atoms with Gasteiger partial charge in [0.05, 0.1) is 18.2 Å². The summed E-state index contributed by atoms with van der Waals surface area (Å²) in [5.41, 5.74) is 2.47. The number of carbonyl (C=O) groups is 1. The number of hydrogen-bond acceptors (Lipinski definition) is 3. The van der Waals surface area contributed by atoms with Crippen LogP contribution in [0.4, 0.5) is 4.39 Å². The van der Waals surface area contributed by atoms with Crippen LogP contribution in [0.15, 0.2) is 28.8 Å². The van der Waals surface area contributed by atoms with Gasteiger partial charge in [-0.25, -0.2) is 4.39 Å². The van der Waals surface area contributed by atoms with Crippen molar-refractivity contribution in [3.63, 3.8) is 0 Å². The SMILES string of the molecule is Cc1noc(C)c1CC(=O)N(C)C(C)c1ccc(F)cc1. The highest BCUT2D eigenvalue weighted by Gasteiger charge is 2.20. The molecule has 0 saturated heterocycles. The number of hydrogen-bond donors (Lipinski definition) is 0. The molecule has 0 N–H and O–H groups in total. The first-order chi connectivity index (χ1) is 9.90. The molecule has 0 saturated carbocycles. The molecule has 0 fully saturated rings. The van der Waals surface area contributed by atoms with Gasteiger partial charge in [0.25, 0.3) is 0 Å². The van der Waals surface area contributed by atoms with Crippen molar-refractivity contribution in [3.05, 3.63) is 52.7 Å². The van der Waals surface area contributed by atoms with Crippen LogP contribution in [0.2, 0.25) is 0 Å². The second-order valence-electron chi connectivity index (χ2n) is 5.21. The van der Waals surface area contributed by atoms with Crippen molar-refractivity contribution in [1.29, 1.82) is 0 Å². The lowest BCUT2D eigenvalue weighted by atomic mass is 10.1. The van der Waals surface area contributed by atoms with Gasteiger partial charge >= 0.3 is 0 Å². The van der Waals surface area contributed by atoms with Crippen LogP contribution < -0.4 is 0 Å². The molecule has 2 aromatic rings. The molecule has 1 amide bonds. The monoisotopic (exact) mass is 290 g/mol. The Hall–Kier alpha value is -2.17. The molecule has 0 aliphatic carbocycles. The summed E-state index contributed by atoms with van der Waals surface area (Å²) < 4.78 is 18.0. The van der Waals surface area contributed by atoms with E-state index in [4.69, 9.17) is 4.52 Å². The molecule has 0 aliphatic rings. The highest BCUT2D eigenvalue weighted by Crippen LogP contribution is 2.21. The van der Waals surface area contributed by atoms with Crippen molar-refractivity contribution in [1.82, 2.24) is 10.1 Å². The van der Waals surface area contributed by atoms with Crippen molar-refractivity contribution in [2.45, 2.75) is 33.2 Å².